The second-order valence-corrected chi connectivity index (χ2v) is 6.14. The number of rotatable bonds is 2. The van der Waals surface area contributed by atoms with Crippen LogP contribution < -0.4 is 5.73 Å². The predicted octanol–water partition coefficient (Wildman–Crippen LogP) is 3.22. The van der Waals surface area contributed by atoms with Crippen molar-refractivity contribution in [3.8, 4) is 0 Å². The molecule has 1 nitrogen and oxygen atoms in total. The summed E-state index contributed by atoms with van der Waals surface area (Å²) in [6, 6.07) is -0.870. The van der Waals surface area contributed by atoms with Crippen LogP contribution in [0, 0.1) is 23.2 Å². The Bertz CT molecular complexity index is 234. The molecule has 4 rings (SSSR count). The van der Waals surface area contributed by atoms with Gasteiger partial charge in [-0.3, -0.25) is 0 Å². The zero-order chi connectivity index (χ0) is 10.6. The topological polar surface area (TPSA) is 26.0 Å². The van der Waals surface area contributed by atoms with E-state index in [4.69, 9.17) is 5.73 Å². The average molecular weight is 252 g/mol. The van der Waals surface area contributed by atoms with Crippen molar-refractivity contribution in [3.05, 3.63) is 0 Å². The van der Waals surface area contributed by atoms with Crippen molar-refractivity contribution >= 4 is 12.4 Å². The van der Waals surface area contributed by atoms with Crippen LogP contribution >= 0.6 is 12.4 Å². The number of halogens is 3. The first-order chi connectivity index (χ1) is 7.09. The van der Waals surface area contributed by atoms with Crippen molar-refractivity contribution in [2.24, 2.45) is 28.9 Å². The monoisotopic (exact) mass is 251 g/mol. The van der Waals surface area contributed by atoms with E-state index in [1.807, 2.05) is 0 Å². The van der Waals surface area contributed by atoms with Crippen molar-refractivity contribution in [2.45, 2.75) is 51.0 Å². The molecule has 94 valence electrons. The van der Waals surface area contributed by atoms with Crippen LogP contribution in [-0.2, 0) is 0 Å². The van der Waals surface area contributed by atoms with Gasteiger partial charge in [0.1, 0.15) is 0 Å². The Labute approximate surface area is 102 Å². The van der Waals surface area contributed by atoms with Crippen LogP contribution in [0.3, 0.4) is 0 Å². The molecule has 4 aliphatic carbocycles. The fourth-order valence-corrected chi connectivity index (χ4v) is 4.85. The third-order valence-electron chi connectivity index (χ3n) is 5.06. The first kappa shape index (κ1) is 12.6. The highest BCUT2D eigenvalue weighted by molar-refractivity contribution is 5.85. The molecule has 0 radical (unpaired) electrons. The minimum atomic E-state index is -2.33. The van der Waals surface area contributed by atoms with E-state index in [1.54, 1.807) is 0 Å². The molecule has 0 amide bonds. The predicted molar refractivity (Wildman–Crippen MR) is 61.8 cm³/mol. The van der Waals surface area contributed by atoms with Gasteiger partial charge in [0.25, 0.3) is 6.43 Å². The van der Waals surface area contributed by atoms with Gasteiger partial charge in [0.05, 0.1) is 6.04 Å². The third-order valence-corrected chi connectivity index (χ3v) is 5.06. The van der Waals surface area contributed by atoms with Crippen molar-refractivity contribution < 1.29 is 8.78 Å². The van der Waals surface area contributed by atoms with E-state index in [0.717, 1.165) is 19.3 Å². The zero-order valence-electron chi connectivity index (χ0n) is 9.37. The van der Waals surface area contributed by atoms with E-state index >= 15 is 0 Å². The summed E-state index contributed by atoms with van der Waals surface area (Å²) in [6.45, 7) is 0. The molecule has 0 heterocycles. The fraction of sp³-hybridized carbons (Fsp3) is 1.00. The molecule has 0 saturated heterocycles. The summed E-state index contributed by atoms with van der Waals surface area (Å²) in [5, 5.41) is 0. The zero-order valence-corrected chi connectivity index (χ0v) is 10.2. The average Bonchev–Trinajstić information content (AvgIpc) is 2.14. The molecule has 1 unspecified atom stereocenters. The van der Waals surface area contributed by atoms with Crippen LogP contribution in [0.15, 0.2) is 0 Å². The van der Waals surface area contributed by atoms with E-state index in [1.165, 1.54) is 19.3 Å². The highest BCUT2D eigenvalue weighted by Gasteiger charge is 2.55. The van der Waals surface area contributed by atoms with Crippen LogP contribution in [0.4, 0.5) is 8.78 Å². The summed E-state index contributed by atoms with van der Waals surface area (Å²) < 4.78 is 25.6. The summed E-state index contributed by atoms with van der Waals surface area (Å²) in [5.41, 5.74) is 5.57. The minimum Gasteiger partial charge on any atom is -0.322 e. The Balaban J connectivity index is 0.000000963. The van der Waals surface area contributed by atoms with E-state index < -0.39 is 12.5 Å². The van der Waals surface area contributed by atoms with Crippen LogP contribution in [0.2, 0.25) is 0 Å². The maximum atomic E-state index is 12.8. The molecule has 0 aromatic carbocycles. The quantitative estimate of drug-likeness (QED) is 0.801. The SMILES string of the molecule is Cl.NC(C(F)F)C12CC3CC(CC(C3)C1)C2. The van der Waals surface area contributed by atoms with Crippen LogP contribution in [0.1, 0.15) is 38.5 Å². The fourth-order valence-electron chi connectivity index (χ4n) is 4.85. The Morgan fingerprint density at radius 1 is 0.938 bits per heavy atom. The van der Waals surface area contributed by atoms with Crippen LogP contribution in [-0.4, -0.2) is 12.5 Å². The lowest BCUT2D eigenvalue weighted by Gasteiger charge is -2.58. The molecule has 4 heteroatoms. The lowest BCUT2D eigenvalue weighted by atomic mass is 9.48. The van der Waals surface area contributed by atoms with E-state index in [-0.39, 0.29) is 17.8 Å². The summed E-state index contributed by atoms with van der Waals surface area (Å²) in [7, 11) is 0. The minimum absolute atomic E-state index is 0. The Kier molecular flexibility index (Phi) is 3.21. The molecule has 0 aliphatic heterocycles. The molecule has 16 heavy (non-hydrogen) atoms. The first-order valence-electron chi connectivity index (χ1n) is 6.13. The van der Waals surface area contributed by atoms with Crippen molar-refractivity contribution in [2.75, 3.05) is 0 Å². The van der Waals surface area contributed by atoms with Crippen LogP contribution in [0.25, 0.3) is 0 Å². The van der Waals surface area contributed by atoms with Gasteiger partial charge in [0.2, 0.25) is 0 Å². The molecular formula is C12H20ClF2N. The largest absolute Gasteiger partial charge is 0.322 e. The number of hydrogen-bond donors (Lipinski definition) is 1. The molecule has 4 aliphatic rings. The van der Waals surface area contributed by atoms with Crippen molar-refractivity contribution in [3.63, 3.8) is 0 Å². The normalized spacial score (nSPS) is 46.9. The Hall–Kier alpha value is 0.110. The summed E-state index contributed by atoms with van der Waals surface area (Å²) >= 11 is 0. The summed E-state index contributed by atoms with van der Waals surface area (Å²) in [5.74, 6) is 2.13. The van der Waals surface area contributed by atoms with Crippen molar-refractivity contribution in [1.82, 2.24) is 0 Å². The number of nitrogens with two attached hydrogens (primary N) is 1. The third kappa shape index (κ3) is 1.76. The lowest BCUT2D eigenvalue weighted by Crippen LogP contribution is -2.56. The van der Waals surface area contributed by atoms with Crippen molar-refractivity contribution in [1.29, 1.82) is 0 Å². The van der Waals surface area contributed by atoms with Gasteiger partial charge in [0, 0.05) is 0 Å². The summed E-state index contributed by atoms with van der Waals surface area (Å²) in [4.78, 5) is 0. The van der Waals surface area contributed by atoms with Gasteiger partial charge in [-0.2, -0.15) is 0 Å². The lowest BCUT2D eigenvalue weighted by molar-refractivity contribution is -0.0954. The Morgan fingerprint density at radius 3 is 1.62 bits per heavy atom. The maximum Gasteiger partial charge on any atom is 0.254 e. The number of hydrogen-bond acceptors (Lipinski definition) is 1. The molecule has 0 aromatic rings. The van der Waals surface area contributed by atoms with Gasteiger partial charge in [-0.15, -0.1) is 12.4 Å². The van der Waals surface area contributed by atoms with Gasteiger partial charge < -0.3 is 5.73 Å². The first-order valence-corrected chi connectivity index (χ1v) is 6.13. The smallest absolute Gasteiger partial charge is 0.254 e. The van der Waals surface area contributed by atoms with Crippen LogP contribution in [0.5, 0.6) is 0 Å². The molecule has 2 N–H and O–H groups in total. The van der Waals surface area contributed by atoms with Gasteiger partial charge >= 0.3 is 0 Å². The molecular weight excluding hydrogens is 232 g/mol. The Morgan fingerprint density at radius 2 is 1.31 bits per heavy atom. The van der Waals surface area contributed by atoms with Gasteiger partial charge in [-0.1, -0.05) is 0 Å². The molecule has 0 spiro atoms. The standard InChI is InChI=1S/C12H19F2N.ClH/c13-11(14)10(15)12-4-7-1-8(5-12)3-9(2-7)6-12;/h7-11H,1-6,15H2;1H. The highest BCUT2D eigenvalue weighted by Crippen LogP contribution is 2.61. The van der Waals surface area contributed by atoms with E-state index in [0.29, 0.717) is 17.8 Å². The maximum absolute atomic E-state index is 12.8. The molecule has 4 fully saturated rings. The summed E-state index contributed by atoms with van der Waals surface area (Å²) in [6.07, 6.45) is 4.46. The molecule has 4 saturated carbocycles. The second-order valence-electron chi connectivity index (χ2n) is 6.14. The van der Waals surface area contributed by atoms with Gasteiger partial charge in [0.15, 0.2) is 0 Å². The van der Waals surface area contributed by atoms with Gasteiger partial charge in [-0.25, -0.2) is 8.78 Å². The number of alkyl halides is 2. The molecule has 1 atom stereocenters. The highest BCUT2D eigenvalue weighted by atomic mass is 35.5. The molecule has 0 aromatic heterocycles. The molecule has 4 bridgehead atoms. The van der Waals surface area contributed by atoms with Gasteiger partial charge in [-0.05, 0) is 61.7 Å². The van der Waals surface area contributed by atoms with E-state index in [9.17, 15) is 8.78 Å². The van der Waals surface area contributed by atoms with E-state index in [2.05, 4.69) is 0 Å². The second kappa shape index (κ2) is 4.09.